The van der Waals surface area contributed by atoms with Crippen molar-refractivity contribution in [3.8, 4) is 17.2 Å². The molecule has 5 rings (SSSR count). The second-order valence-corrected chi connectivity index (χ2v) is 12.8. The summed E-state index contributed by atoms with van der Waals surface area (Å²) in [4.78, 5) is 11.4. The van der Waals surface area contributed by atoms with Crippen molar-refractivity contribution in [1.29, 1.82) is 0 Å². The fourth-order valence-electron chi connectivity index (χ4n) is 4.41. The van der Waals surface area contributed by atoms with Crippen molar-refractivity contribution >= 4 is 21.7 Å². The van der Waals surface area contributed by atoms with E-state index >= 15 is 0 Å². The molecule has 0 aliphatic rings. The van der Waals surface area contributed by atoms with Crippen molar-refractivity contribution in [2.45, 2.75) is 24.7 Å². The number of Topliss-reactive ketones (excluding diaryl/α,β-unsaturated/α-hetero) is 1. The van der Waals surface area contributed by atoms with Crippen LogP contribution in [-0.4, -0.2) is 12.3 Å². The first kappa shape index (κ1) is 32.4. The van der Waals surface area contributed by atoms with Gasteiger partial charge in [0.25, 0.3) is 0 Å². The van der Waals surface area contributed by atoms with E-state index in [1.54, 1.807) is 0 Å². The number of halogens is 5. The first-order valence-electron chi connectivity index (χ1n) is 14.1. The van der Waals surface area contributed by atoms with E-state index in [4.69, 9.17) is 14.2 Å². The molecule has 5 aromatic carbocycles. The van der Waals surface area contributed by atoms with E-state index in [1.165, 1.54) is 12.1 Å². The Morgan fingerprint density at radius 3 is 1.39 bits per heavy atom. The minimum Gasteiger partial charge on any atom is -0.485 e. The zero-order valence-electron chi connectivity index (χ0n) is 24.4. The fraction of sp³-hybridized carbons (Fsp3) is 0.114. The molecule has 0 unspecified atom stereocenters. The molecule has 0 spiro atoms. The number of carbonyl (C=O) groups excluding carboxylic acids is 1. The van der Waals surface area contributed by atoms with Crippen molar-refractivity contribution in [3.05, 3.63) is 150 Å². The van der Waals surface area contributed by atoms with Gasteiger partial charge in [-0.1, -0.05) is 110 Å². The molecule has 0 aliphatic carbocycles. The van der Waals surface area contributed by atoms with Gasteiger partial charge in [0, 0.05) is 11.3 Å². The van der Waals surface area contributed by atoms with E-state index in [2.05, 4.69) is 5.32 Å². The molecule has 0 saturated heterocycles. The molecule has 0 bridgehead atoms. The van der Waals surface area contributed by atoms with Crippen LogP contribution in [0.3, 0.4) is 0 Å². The van der Waals surface area contributed by atoms with Crippen LogP contribution in [0.25, 0.3) is 0 Å². The second kappa shape index (κ2) is 12.8. The monoisotopic (exact) mass is 655 g/mol. The predicted molar refractivity (Wildman–Crippen MR) is 169 cm³/mol. The van der Waals surface area contributed by atoms with E-state index in [1.807, 2.05) is 91.0 Å². The van der Waals surface area contributed by atoms with E-state index in [-0.39, 0.29) is 67.0 Å². The van der Waals surface area contributed by atoms with Gasteiger partial charge in [0.05, 0.1) is 6.54 Å². The summed E-state index contributed by atoms with van der Waals surface area (Å²) in [6, 6.07) is 33.6. The molecule has 1 N–H and O–H groups in total. The first-order chi connectivity index (χ1) is 21.8. The molecule has 0 heterocycles. The molecule has 0 amide bonds. The molecule has 5 aromatic rings. The van der Waals surface area contributed by atoms with Gasteiger partial charge in [0.1, 0.15) is 24.7 Å². The van der Waals surface area contributed by atoms with E-state index in [9.17, 15) is 24.2 Å². The van der Waals surface area contributed by atoms with Gasteiger partial charge in [-0.15, -0.1) is 0 Å². The third-order valence-corrected chi connectivity index (χ3v) is 7.96. The molecule has 0 saturated carbocycles. The zero-order chi connectivity index (χ0) is 32.7. The van der Waals surface area contributed by atoms with Crippen LogP contribution in [0.5, 0.6) is 17.2 Å². The van der Waals surface area contributed by atoms with Gasteiger partial charge >= 0.3 is 10.2 Å². The molecule has 0 fully saturated rings. The Morgan fingerprint density at radius 2 is 0.978 bits per heavy atom. The molecule has 11 heteroatoms. The smallest absolute Gasteiger partial charge is 0.310 e. The number of nitrogens with one attached hydrogen (secondary N) is 1. The number of ketones is 1. The number of benzene rings is 5. The van der Waals surface area contributed by atoms with Crippen LogP contribution >= 0.6 is 10.2 Å². The molecular formula is C35H30F5NO4S. The lowest BCUT2D eigenvalue weighted by Crippen LogP contribution is -2.15. The van der Waals surface area contributed by atoms with Gasteiger partial charge in [0.15, 0.2) is 17.3 Å². The van der Waals surface area contributed by atoms with Crippen LogP contribution in [0.15, 0.2) is 132 Å². The van der Waals surface area contributed by atoms with Gasteiger partial charge in [-0.2, -0.15) is 0 Å². The fourth-order valence-corrected chi connectivity index (χ4v) is 5.06. The Labute approximate surface area is 263 Å². The van der Waals surface area contributed by atoms with Gasteiger partial charge < -0.3 is 19.5 Å². The lowest BCUT2D eigenvalue weighted by molar-refractivity contribution is 0.100. The maximum Gasteiger partial charge on any atom is 0.310 e. The van der Waals surface area contributed by atoms with Crippen LogP contribution in [0, 0.1) is 0 Å². The summed E-state index contributed by atoms with van der Waals surface area (Å²) in [5.41, 5.74) is 2.87. The average Bonchev–Trinajstić information content (AvgIpc) is 3.05. The van der Waals surface area contributed by atoms with Crippen LogP contribution in [0.2, 0.25) is 0 Å². The van der Waals surface area contributed by atoms with Crippen molar-refractivity contribution in [3.63, 3.8) is 0 Å². The third-order valence-electron chi connectivity index (χ3n) is 6.80. The third kappa shape index (κ3) is 9.01. The van der Waals surface area contributed by atoms with Crippen LogP contribution in [0.4, 0.5) is 25.1 Å². The molecule has 0 atom stereocenters. The normalized spacial score (nSPS) is 12.8. The SMILES string of the molecule is O=C(CNc1ccc(S(F)(F)(F)(F)F)cc1)c1cc(OCc2ccccc2)c(OCc2ccccc2)c(OCc2ccccc2)c1. The molecule has 46 heavy (non-hydrogen) atoms. The van der Waals surface area contributed by atoms with Gasteiger partial charge in [-0.25, -0.2) is 0 Å². The Kier molecular flexibility index (Phi) is 8.98. The van der Waals surface area contributed by atoms with Crippen molar-refractivity contribution in [1.82, 2.24) is 0 Å². The van der Waals surface area contributed by atoms with E-state index in [0.29, 0.717) is 0 Å². The van der Waals surface area contributed by atoms with Gasteiger partial charge in [-0.3, -0.25) is 4.79 Å². The number of ether oxygens (including phenoxy) is 3. The minimum atomic E-state index is -9.81. The maximum atomic E-state index is 13.4. The number of hydrogen-bond acceptors (Lipinski definition) is 5. The highest BCUT2D eigenvalue weighted by molar-refractivity contribution is 8.45. The maximum absolute atomic E-state index is 13.4. The van der Waals surface area contributed by atoms with Gasteiger partial charge in [-0.05, 0) is 53.1 Å². The number of rotatable bonds is 14. The number of anilines is 1. The van der Waals surface area contributed by atoms with Crippen molar-refractivity contribution < 1.29 is 38.4 Å². The molecule has 240 valence electrons. The van der Waals surface area contributed by atoms with E-state index < -0.39 is 20.9 Å². The Hall–Kier alpha value is -5.03. The highest BCUT2D eigenvalue weighted by atomic mass is 32.5. The van der Waals surface area contributed by atoms with E-state index in [0.717, 1.165) is 28.8 Å². The molecule has 5 nitrogen and oxygen atoms in total. The Morgan fingerprint density at radius 1 is 0.565 bits per heavy atom. The van der Waals surface area contributed by atoms with Crippen LogP contribution in [0.1, 0.15) is 27.0 Å². The van der Waals surface area contributed by atoms with Crippen LogP contribution in [-0.2, 0) is 19.8 Å². The lowest BCUT2D eigenvalue weighted by Gasteiger charge is -2.40. The van der Waals surface area contributed by atoms with Gasteiger partial charge in [0.2, 0.25) is 5.75 Å². The largest absolute Gasteiger partial charge is 0.485 e. The molecule has 0 aromatic heterocycles. The lowest BCUT2D eigenvalue weighted by atomic mass is 10.1. The molecule has 0 aliphatic heterocycles. The zero-order valence-corrected chi connectivity index (χ0v) is 25.2. The van der Waals surface area contributed by atoms with Crippen molar-refractivity contribution in [2.75, 3.05) is 11.9 Å². The Balaban J connectivity index is 1.43. The minimum absolute atomic E-state index is 0.0582. The summed E-state index contributed by atoms with van der Waals surface area (Å²) in [5, 5.41) is 2.70. The molecule has 0 radical (unpaired) electrons. The second-order valence-electron chi connectivity index (χ2n) is 10.4. The Bertz CT molecular complexity index is 1710. The predicted octanol–water partition coefficient (Wildman–Crippen LogP) is 10.4. The van der Waals surface area contributed by atoms with Crippen molar-refractivity contribution in [2.24, 2.45) is 0 Å². The van der Waals surface area contributed by atoms with Crippen LogP contribution < -0.4 is 19.5 Å². The standard InChI is InChI=1S/C35H30F5NO4S/c36-46(37,38,39,40)31-18-16-30(17-19-31)41-22-32(42)29-20-33(43-23-26-10-4-1-5-11-26)35(45-25-28-14-8-3-9-15-28)34(21-29)44-24-27-12-6-2-7-13-27/h1-21,41H,22-25H2. The molecular weight excluding hydrogens is 625 g/mol. The summed E-state index contributed by atoms with van der Waals surface area (Å²) in [6.45, 7) is 0.161. The summed E-state index contributed by atoms with van der Waals surface area (Å²) >= 11 is 0. The highest BCUT2D eigenvalue weighted by Crippen LogP contribution is 3.02. The summed E-state index contributed by atoms with van der Waals surface area (Å²) in [5.74, 6) is 0.315. The summed E-state index contributed by atoms with van der Waals surface area (Å²) in [7, 11) is -9.81. The first-order valence-corrected chi connectivity index (χ1v) is 16.1. The topological polar surface area (TPSA) is 56.8 Å². The number of hydrogen-bond donors (Lipinski definition) is 1. The highest BCUT2D eigenvalue weighted by Gasteiger charge is 2.65. The summed E-state index contributed by atoms with van der Waals surface area (Å²) in [6.07, 6.45) is 0. The quantitative estimate of drug-likeness (QED) is 0.0953. The summed E-state index contributed by atoms with van der Waals surface area (Å²) < 4.78 is 84.1. The average molecular weight is 656 g/mol. The number of carbonyl (C=O) groups is 1.